The SMILES string of the molecule is CC(O)C(Cl)C(C)Br. The highest BCUT2D eigenvalue weighted by Gasteiger charge is 2.15. The average molecular weight is 201 g/mol. The number of alkyl halides is 2. The first-order valence-electron chi connectivity index (χ1n) is 2.52. The summed E-state index contributed by atoms with van der Waals surface area (Å²) < 4.78 is 0. The monoisotopic (exact) mass is 200 g/mol. The maximum Gasteiger partial charge on any atom is 0.0714 e. The van der Waals surface area contributed by atoms with Gasteiger partial charge in [0.1, 0.15) is 0 Å². The molecule has 50 valence electrons. The predicted molar refractivity (Wildman–Crippen MR) is 39.7 cm³/mol. The molecule has 0 amide bonds. The highest BCUT2D eigenvalue weighted by atomic mass is 79.9. The van der Waals surface area contributed by atoms with Gasteiger partial charge in [-0.05, 0) is 6.92 Å². The summed E-state index contributed by atoms with van der Waals surface area (Å²) in [5.41, 5.74) is 0. The lowest BCUT2D eigenvalue weighted by Gasteiger charge is -2.13. The predicted octanol–water partition coefficient (Wildman–Crippen LogP) is 1.76. The number of aliphatic hydroxyl groups excluding tert-OH is 1. The van der Waals surface area contributed by atoms with Crippen LogP contribution >= 0.6 is 27.5 Å². The van der Waals surface area contributed by atoms with Crippen LogP contribution < -0.4 is 0 Å². The molecule has 3 unspecified atom stereocenters. The molecule has 0 radical (unpaired) electrons. The van der Waals surface area contributed by atoms with Gasteiger partial charge in [0.2, 0.25) is 0 Å². The highest BCUT2D eigenvalue weighted by molar-refractivity contribution is 9.09. The third kappa shape index (κ3) is 2.90. The number of hydrogen-bond donors (Lipinski definition) is 1. The Labute approximate surface area is 63.2 Å². The van der Waals surface area contributed by atoms with E-state index in [-0.39, 0.29) is 10.2 Å². The number of aliphatic hydroxyl groups is 1. The lowest BCUT2D eigenvalue weighted by molar-refractivity contribution is 0.189. The van der Waals surface area contributed by atoms with Crippen molar-refractivity contribution < 1.29 is 5.11 Å². The van der Waals surface area contributed by atoms with Crippen LogP contribution in [-0.2, 0) is 0 Å². The van der Waals surface area contributed by atoms with Gasteiger partial charge in [-0.25, -0.2) is 0 Å². The molecular formula is C5H10BrClO. The van der Waals surface area contributed by atoms with Crippen LogP contribution in [-0.4, -0.2) is 21.4 Å². The standard InChI is InChI=1S/C5H10BrClO/c1-3(6)5(7)4(2)8/h3-5,8H,1-2H3. The van der Waals surface area contributed by atoms with Crippen LogP contribution in [0.15, 0.2) is 0 Å². The minimum atomic E-state index is -0.439. The molecule has 0 bridgehead atoms. The molecule has 3 atom stereocenters. The van der Waals surface area contributed by atoms with Crippen molar-refractivity contribution >= 4 is 27.5 Å². The Kier molecular flexibility index (Phi) is 4.04. The summed E-state index contributed by atoms with van der Waals surface area (Å²) in [6.45, 7) is 3.58. The van der Waals surface area contributed by atoms with Gasteiger partial charge < -0.3 is 5.11 Å². The van der Waals surface area contributed by atoms with Crippen LogP contribution in [0.5, 0.6) is 0 Å². The van der Waals surface area contributed by atoms with Crippen molar-refractivity contribution in [3.8, 4) is 0 Å². The molecule has 8 heavy (non-hydrogen) atoms. The lowest BCUT2D eigenvalue weighted by Crippen LogP contribution is -2.23. The number of rotatable bonds is 2. The molecule has 0 rings (SSSR count). The van der Waals surface area contributed by atoms with E-state index in [0.717, 1.165) is 0 Å². The largest absolute Gasteiger partial charge is 0.392 e. The fourth-order valence-corrected chi connectivity index (χ4v) is 0.826. The lowest BCUT2D eigenvalue weighted by atomic mass is 10.2. The third-order valence-electron chi connectivity index (χ3n) is 0.900. The van der Waals surface area contributed by atoms with E-state index in [1.807, 2.05) is 6.92 Å². The first-order chi connectivity index (χ1) is 3.55. The van der Waals surface area contributed by atoms with E-state index < -0.39 is 6.10 Å². The van der Waals surface area contributed by atoms with Crippen LogP contribution in [0.1, 0.15) is 13.8 Å². The Balaban J connectivity index is 3.46. The molecule has 1 N–H and O–H groups in total. The second kappa shape index (κ2) is 3.70. The van der Waals surface area contributed by atoms with Crippen molar-refractivity contribution in [3.63, 3.8) is 0 Å². The Morgan fingerprint density at radius 1 is 1.50 bits per heavy atom. The summed E-state index contributed by atoms with van der Waals surface area (Å²) in [5, 5.41) is 8.64. The van der Waals surface area contributed by atoms with Crippen LogP contribution in [0.3, 0.4) is 0 Å². The molecule has 0 heterocycles. The van der Waals surface area contributed by atoms with Crippen molar-refractivity contribution in [2.45, 2.75) is 30.2 Å². The van der Waals surface area contributed by atoms with E-state index in [0.29, 0.717) is 0 Å². The highest BCUT2D eigenvalue weighted by Crippen LogP contribution is 2.14. The zero-order chi connectivity index (χ0) is 6.73. The average Bonchev–Trinajstić information content (AvgIpc) is 1.64. The Morgan fingerprint density at radius 3 is 1.88 bits per heavy atom. The van der Waals surface area contributed by atoms with Gasteiger partial charge in [0.25, 0.3) is 0 Å². The zero-order valence-corrected chi connectivity index (χ0v) is 7.28. The third-order valence-corrected chi connectivity index (χ3v) is 2.52. The van der Waals surface area contributed by atoms with E-state index in [2.05, 4.69) is 15.9 Å². The van der Waals surface area contributed by atoms with Gasteiger partial charge in [-0.2, -0.15) is 0 Å². The molecule has 0 aromatic rings. The van der Waals surface area contributed by atoms with Crippen molar-refractivity contribution in [2.24, 2.45) is 0 Å². The second-order valence-corrected chi connectivity index (χ2v) is 3.81. The molecule has 0 aliphatic heterocycles. The molecule has 3 heteroatoms. The summed E-state index contributed by atoms with van der Waals surface area (Å²) in [6, 6.07) is 0. The van der Waals surface area contributed by atoms with Crippen molar-refractivity contribution in [1.29, 1.82) is 0 Å². The topological polar surface area (TPSA) is 20.2 Å². The molecule has 0 fully saturated rings. The van der Waals surface area contributed by atoms with Crippen LogP contribution in [0.2, 0.25) is 0 Å². The van der Waals surface area contributed by atoms with E-state index in [9.17, 15) is 0 Å². The van der Waals surface area contributed by atoms with Crippen LogP contribution in [0.4, 0.5) is 0 Å². The van der Waals surface area contributed by atoms with Crippen LogP contribution in [0.25, 0.3) is 0 Å². The molecule has 0 aromatic heterocycles. The molecule has 0 spiro atoms. The summed E-state index contributed by atoms with van der Waals surface area (Å²) >= 11 is 8.90. The van der Waals surface area contributed by atoms with Gasteiger partial charge >= 0.3 is 0 Å². The van der Waals surface area contributed by atoms with E-state index in [1.54, 1.807) is 6.92 Å². The smallest absolute Gasteiger partial charge is 0.0714 e. The fourth-order valence-electron chi connectivity index (χ4n) is 0.384. The molecular weight excluding hydrogens is 191 g/mol. The number of hydrogen-bond acceptors (Lipinski definition) is 1. The molecule has 0 aliphatic carbocycles. The van der Waals surface area contributed by atoms with Crippen LogP contribution in [0, 0.1) is 0 Å². The Bertz CT molecular complexity index is 57.4. The fraction of sp³-hybridized carbons (Fsp3) is 1.00. The summed E-state index contributed by atoms with van der Waals surface area (Å²) in [6.07, 6.45) is -0.439. The maximum atomic E-state index is 8.83. The second-order valence-electron chi connectivity index (χ2n) is 1.86. The summed E-state index contributed by atoms with van der Waals surface area (Å²) in [7, 11) is 0. The Hall–Kier alpha value is 0.730. The molecule has 0 saturated carbocycles. The minimum Gasteiger partial charge on any atom is -0.392 e. The number of halogens is 2. The maximum absolute atomic E-state index is 8.83. The zero-order valence-electron chi connectivity index (χ0n) is 4.94. The first-order valence-corrected chi connectivity index (χ1v) is 3.87. The van der Waals surface area contributed by atoms with Gasteiger partial charge in [-0.3, -0.25) is 0 Å². The molecule has 0 aromatic carbocycles. The quantitative estimate of drug-likeness (QED) is 0.675. The molecule has 0 saturated heterocycles. The van der Waals surface area contributed by atoms with Gasteiger partial charge in [0, 0.05) is 4.83 Å². The van der Waals surface area contributed by atoms with Crippen molar-refractivity contribution in [1.82, 2.24) is 0 Å². The Morgan fingerprint density at radius 2 is 1.88 bits per heavy atom. The van der Waals surface area contributed by atoms with Gasteiger partial charge in [0.05, 0.1) is 11.5 Å². The van der Waals surface area contributed by atoms with E-state index in [4.69, 9.17) is 16.7 Å². The van der Waals surface area contributed by atoms with Crippen molar-refractivity contribution in [2.75, 3.05) is 0 Å². The molecule has 1 nitrogen and oxygen atoms in total. The first kappa shape index (κ1) is 8.73. The van der Waals surface area contributed by atoms with E-state index in [1.165, 1.54) is 0 Å². The normalized spacial score (nSPS) is 22.1. The van der Waals surface area contributed by atoms with Crippen molar-refractivity contribution in [3.05, 3.63) is 0 Å². The summed E-state index contributed by atoms with van der Waals surface area (Å²) in [4.78, 5) is 0.171. The van der Waals surface area contributed by atoms with Gasteiger partial charge in [-0.15, -0.1) is 11.6 Å². The van der Waals surface area contributed by atoms with Gasteiger partial charge in [-0.1, -0.05) is 22.9 Å². The van der Waals surface area contributed by atoms with E-state index >= 15 is 0 Å². The summed E-state index contributed by atoms with van der Waals surface area (Å²) in [5.74, 6) is 0. The molecule has 0 aliphatic rings. The minimum absolute atomic E-state index is 0.171. The van der Waals surface area contributed by atoms with Gasteiger partial charge in [0.15, 0.2) is 0 Å².